The summed E-state index contributed by atoms with van der Waals surface area (Å²) in [5.41, 5.74) is 0. The van der Waals surface area contributed by atoms with Gasteiger partial charge in [-0.25, -0.2) is 9.67 Å². The minimum absolute atomic E-state index is 0.144. The molecule has 1 heterocycles. The summed E-state index contributed by atoms with van der Waals surface area (Å²) in [5.74, 6) is -0.344. The minimum atomic E-state index is -0.525. The van der Waals surface area contributed by atoms with Gasteiger partial charge in [-0.15, -0.1) is 5.10 Å². The van der Waals surface area contributed by atoms with Crippen LogP contribution in [0.25, 0.3) is 0 Å². The van der Waals surface area contributed by atoms with Crippen molar-refractivity contribution in [3.8, 4) is 0 Å². The van der Waals surface area contributed by atoms with Gasteiger partial charge in [0, 0.05) is 0 Å². The first kappa shape index (κ1) is 14.1. The van der Waals surface area contributed by atoms with Gasteiger partial charge in [-0.1, -0.05) is 31.9 Å². The Hall–Kier alpha value is 0.0500. The molecule has 0 radical (unpaired) electrons. The van der Waals surface area contributed by atoms with E-state index in [2.05, 4.69) is 57.9 Å². The normalized spacial score (nSPS) is 14.9. The van der Waals surface area contributed by atoms with Crippen molar-refractivity contribution in [1.29, 1.82) is 0 Å². The van der Waals surface area contributed by atoms with Crippen LogP contribution >= 0.6 is 47.8 Å². The fraction of sp³-hybridized carbons (Fsp3) is 0.625. The van der Waals surface area contributed by atoms with Gasteiger partial charge in [-0.05, 0) is 29.8 Å². The second-order valence-electron chi connectivity index (χ2n) is 3.25. The molecule has 0 aliphatic heterocycles. The van der Waals surface area contributed by atoms with E-state index in [4.69, 9.17) is 4.74 Å². The molecule has 8 heteroatoms. The van der Waals surface area contributed by atoms with Crippen molar-refractivity contribution in [2.45, 2.75) is 29.7 Å². The Kier molecular flexibility index (Phi) is 5.39. The molecule has 1 rings (SSSR count). The number of esters is 1. The quantitative estimate of drug-likeness (QED) is 0.556. The Morgan fingerprint density at radius 3 is 2.56 bits per heavy atom. The molecular weight excluding hydrogens is 410 g/mol. The number of aromatic nitrogens is 3. The first-order valence-electron chi connectivity index (χ1n) is 4.47. The Morgan fingerprint density at radius 1 is 1.50 bits per heavy atom. The number of halogens is 3. The monoisotopic (exact) mass is 417 g/mol. The topological polar surface area (TPSA) is 57.0 Å². The van der Waals surface area contributed by atoms with Gasteiger partial charge < -0.3 is 4.74 Å². The summed E-state index contributed by atoms with van der Waals surface area (Å²) in [7, 11) is 0. The molecule has 0 N–H and O–H groups in total. The zero-order chi connectivity index (χ0) is 12.3. The number of nitrogens with zero attached hydrogens (tertiary/aromatic N) is 3. The number of carbonyl (C=O) groups excluding carboxylic acids is 1. The highest BCUT2D eigenvalue weighted by Gasteiger charge is 2.28. The second kappa shape index (κ2) is 6.11. The van der Waals surface area contributed by atoms with E-state index in [1.807, 2.05) is 0 Å². The first-order valence-corrected chi connectivity index (χ1v) is 7.09. The number of carbonyl (C=O) groups is 1. The Bertz CT molecular complexity index is 369. The smallest absolute Gasteiger partial charge is 0.323 e. The summed E-state index contributed by atoms with van der Waals surface area (Å²) in [5, 5.41) is 4.03. The van der Waals surface area contributed by atoms with Gasteiger partial charge >= 0.3 is 5.97 Å². The van der Waals surface area contributed by atoms with E-state index in [0.717, 1.165) is 0 Å². The van der Waals surface area contributed by atoms with Crippen molar-refractivity contribution in [2.24, 2.45) is 0 Å². The number of alkyl halides is 2. The zero-order valence-electron chi connectivity index (χ0n) is 8.60. The van der Waals surface area contributed by atoms with Crippen LogP contribution < -0.4 is 0 Å². The fourth-order valence-electron chi connectivity index (χ4n) is 0.916. The maximum absolute atomic E-state index is 11.6. The summed E-state index contributed by atoms with van der Waals surface area (Å²) >= 11 is 9.74. The number of hydrogen-bond acceptors (Lipinski definition) is 4. The van der Waals surface area contributed by atoms with Gasteiger partial charge in [0.15, 0.2) is 0 Å². The molecule has 0 spiro atoms. The van der Waals surface area contributed by atoms with Crippen LogP contribution in [-0.4, -0.2) is 31.7 Å². The van der Waals surface area contributed by atoms with Crippen LogP contribution in [0.2, 0.25) is 0 Å². The molecule has 0 saturated heterocycles. The third-order valence-corrected chi connectivity index (χ3v) is 4.45. The number of ether oxygens (including phenoxy) is 1. The molecule has 0 bridgehead atoms. The highest BCUT2D eigenvalue weighted by atomic mass is 79.9. The summed E-state index contributed by atoms with van der Waals surface area (Å²) in [4.78, 5) is 14.6. The molecule has 2 unspecified atom stereocenters. The highest BCUT2D eigenvalue weighted by molar-refractivity contribution is 9.12. The van der Waals surface area contributed by atoms with Crippen LogP contribution in [0.3, 0.4) is 0 Å². The highest BCUT2D eigenvalue weighted by Crippen LogP contribution is 2.26. The summed E-state index contributed by atoms with van der Waals surface area (Å²) in [6, 6.07) is 0. The number of hydrogen-bond donors (Lipinski definition) is 0. The first-order chi connectivity index (χ1) is 7.41. The predicted molar refractivity (Wildman–Crippen MR) is 69.6 cm³/mol. The zero-order valence-corrected chi connectivity index (χ0v) is 13.4. The molecule has 0 amide bonds. The molecule has 16 heavy (non-hydrogen) atoms. The summed E-state index contributed by atoms with van der Waals surface area (Å²) < 4.78 is 7.06. The van der Waals surface area contributed by atoms with E-state index in [1.165, 1.54) is 11.0 Å². The van der Waals surface area contributed by atoms with Gasteiger partial charge in [0.2, 0.25) is 4.73 Å². The van der Waals surface area contributed by atoms with Gasteiger partial charge in [-0.3, -0.25) is 4.79 Å². The van der Waals surface area contributed by atoms with Crippen molar-refractivity contribution in [1.82, 2.24) is 14.8 Å². The van der Waals surface area contributed by atoms with Crippen LogP contribution in [0, 0.1) is 0 Å². The molecule has 0 fully saturated rings. The van der Waals surface area contributed by atoms with Crippen molar-refractivity contribution in [3.05, 3.63) is 11.1 Å². The predicted octanol–water partition coefficient (Wildman–Crippen LogP) is 2.65. The Morgan fingerprint density at radius 2 is 2.12 bits per heavy atom. The average Bonchev–Trinajstić information content (AvgIpc) is 2.61. The molecule has 90 valence electrons. The van der Waals surface area contributed by atoms with Crippen LogP contribution in [0.15, 0.2) is 11.1 Å². The maximum Gasteiger partial charge on any atom is 0.323 e. The van der Waals surface area contributed by atoms with Crippen LogP contribution in [-0.2, 0) is 9.53 Å². The van der Waals surface area contributed by atoms with Gasteiger partial charge in [0.1, 0.15) is 16.1 Å². The standard InChI is InChI=1S/C8H10Br3N3O2/c1-4(2)16-7(15)5(9)6(10)14-3-12-8(11)13-14/h3-6H,1-2H3. The lowest BCUT2D eigenvalue weighted by molar-refractivity contribution is -0.146. The second-order valence-corrected chi connectivity index (χ2v) is 5.89. The van der Waals surface area contributed by atoms with Crippen molar-refractivity contribution >= 4 is 53.8 Å². The molecule has 0 aromatic carbocycles. The van der Waals surface area contributed by atoms with Crippen LogP contribution in [0.1, 0.15) is 18.8 Å². The molecule has 1 aromatic rings. The van der Waals surface area contributed by atoms with Gasteiger partial charge in [0.25, 0.3) is 0 Å². The SMILES string of the molecule is CC(C)OC(=O)C(Br)C(Br)n1cnc(Br)n1. The van der Waals surface area contributed by atoms with E-state index < -0.39 is 4.83 Å². The fourth-order valence-corrected chi connectivity index (χ4v) is 1.95. The lowest BCUT2D eigenvalue weighted by atomic mass is 10.4. The van der Waals surface area contributed by atoms with E-state index in [0.29, 0.717) is 4.73 Å². The Balaban J connectivity index is 2.66. The largest absolute Gasteiger partial charge is 0.462 e. The van der Waals surface area contributed by atoms with E-state index in [1.54, 1.807) is 13.8 Å². The van der Waals surface area contributed by atoms with Gasteiger partial charge in [0.05, 0.1) is 6.10 Å². The third kappa shape index (κ3) is 3.81. The van der Waals surface area contributed by atoms with Crippen molar-refractivity contribution in [3.63, 3.8) is 0 Å². The summed E-state index contributed by atoms with van der Waals surface area (Å²) in [6.45, 7) is 3.60. The molecule has 0 aliphatic rings. The molecule has 5 nitrogen and oxygen atoms in total. The molecular formula is C8H10Br3N3O2. The van der Waals surface area contributed by atoms with Crippen LogP contribution in [0.4, 0.5) is 0 Å². The molecule has 0 saturated carbocycles. The lowest BCUT2D eigenvalue weighted by Gasteiger charge is -2.17. The molecule has 1 aromatic heterocycles. The Labute approximate surface area is 118 Å². The third-order valence-electron chi connectivity index (χ3n) is 1.55. The minimum Gasteiger partial charge on any atom is -0.462 e. The van der Waals surface area contributed by atoms with E-state index in [9.17, 15) is 4.79 Å². The molecule has 0 aliphatic carbocycles. The lowest BCUT2D eigenvalue weighted by Crippen LogP contribution is -2.27. The van der Waals surface area contributed by atoms with Crippen molar-refractivity contribution in [2.75, 3.05) is 0 Å². The average molecular weight is 420 g/mol. The van der Waals surface area contributed by atoms with E-state index in [-0.39, 0.29) is 17.0 Å². The van der Waals surface area contributed by atoms with Crippen molar-refractivity contribution < 1.29 is 9.53 Å². The maximum atomic E-state index is 11.6. The number of rotatable bonds is 4. The summed E-state index contributed by atoms with van der Waals surface area (Å²) in [6.07, 6.45) is 1.37. The molecule has 2 atom stereocenters. The van der Waals surface area contributed by atoms with Gasteiger partial charge in [-0.2, -0.15) is 0 Å². The van der Waals surface area contributed by atoms with Crippen LogP contribution in [0.5, 0.6) is 0 Å². The van der Waals surface area contributed by atoms with E-state index >= 15 is 0 Å².